The van der Waals surface area contributed by atoms with E-state index >= 15 is 0 Å². The van der Waals surface area contributed by atoms with Crippen LogP contribution in [0.1, 0.15) is 18.1 Å². The van der Waals surface area contributed by atoms with Crippen LogP contribution in [0.3, 0.4) is 0 Å². The number of pyridine rings is 1. The average Bonchev–Trinajstić information content (AvgIpc) is 2.53. The molecule has 0 amide bonds. The summed E-state index contributed by atoms with van der Waals surface area (Å²) in [6.07, 6.45) is 1.67. The molecule has 0 unspecified atom stereocenters. The number of hydrogen-bond acceptors (Lipinski definition) is 5. The minimum absolute atomic E-state index is 0.0526. The van der Waals surface area contributed by atoms with Crippen molar-refractivity contribution in [2.24, 2.45) is 0 Å². The Kier molecular flexibility index (Phi) is 5.16. The normalized spacial score (nSPS) is 10.4. The number of hydrogen-bond donors (Lipinski definition) is 0. The zero-order valence-electron chi connectivity index (χ0n) is 14.0. The van der Waals surface area contributed by atoms with Crippen LogP contribution < -0.4 is 9.80 Å². The van der Waals surface area contributed by atoms with Crippen molar-refractivity contribution >= 4 is 17.2 Å². The Morgan fingerprint density at radius 3 is 2.39 bits per heavy atom. The Hall–Kier alpha value is -2.63. The highest BCUT2D eigenvalue weighted by Gasteiger charge is 2.20. The number of rotatable bonds is 6. The molecule has 1 aromatic carbocycles. The van der Waals surface area contributed by atoms with E-state index in [1.165, 1.54) is 0 Å². The van der Waals surface area contributed by atoms with Crippen LogP contribution in [-0.4, -0.2) is 30.5 Å². The molecule has 6 nitrogen and oxygen atoms in total. The molecule has 0 bridgehead atoms. The van der Waals surface area contributed by atoms with Gasteiger partial charge in [0.15, 0.2) is 0 Å². The van der Waals surface area contributed by atoms with Crippen LogP contribution in [0.5, 0.6) is 0 Å². The quantitative estimate of drug-likeness (QED) is 0.604. The maximum Gasteiger partial charge on any atom is 0.311 e. The van der Waals surface area contributed by atoms with Crippen molar-refractivity contribution in [3.8, 4) is 0 Å². The zero-order chi connectivity index (χ0) is 17.0. The summed E-state index contributed by atoms with van der Waals surface area (Å²) >= 11 is 0. The van der Waals surface area contributed by atoms with Crippen molar-refractivity contribution in [2.75, 3.05) is 30.4 Å². The van der Waals surface area contributed by atoms with Crippen LogP contribution >= 0.6 is 0 Å². The molecule has 2 rings (SSSR count). The Bertz CT molecular complexity index is 683. The molecule has 0 saturated carbocycles. The first-order chi connectivity index (χ1) is 10.9. The summed E-state index contributed by atoms with van der Waals surface area (Å²) in [5.41, 5.74) is 3.05. The maximum atomic E-state index is 11.3. The monoisotopic (exact) mass is 314 g/mol. The van der Waals surface area contributed by atoms with Gasteiger partial charge in [0.25, 0.3) is 0 Å². The third-order valence-electron chi connectivity index (χ3n) is 3.69. The molecule has 0 spiro atoms. The molecule has 0 aliphatic heterocycles. The van der Waals surface area contributed by atoms with E-state index in [2.05, 4.69) is 4.98 Å². The molecule has 0 aliphatic rings. The number of nitro groups is 1. The SMILES string of the molecule is CCN(Cc1ccc(N(C)C)cc1)c1ncc(C)cc1[N+](=O)[O-]. The van der Waals surface area contributed by atoms with E-state index in [1.807, 2.05) is 55.1 Å². The van der Waals surface area contributed by atoms with E-state index in [1.54, 1.807) is 19.2 Å². The molecule has 0 fully saturated rings. The largest absolute Gasteiger partial charge is 0.378 e. The second kappa shape index (κ2) is 7.09. The van der Waals surface area contributed by atoms with E-state index in [0.29, 0.717) is 18.9 Å². The summed E-state index contributed by atoms with van der Waals surface area (Å²) in [5.74, 6) is 0.416. The molecule has 0 atom stereocenters. The minimum atomic E-state index is -0.368. The third-order valence-corrected chi connectivity index (χ3v) is 3.69. The van der Waals surface area contributed by atoms with Crippen LogP contribution in [0, 0.1) is 17.0 Å². The molecular formula is C17H22N4O2. The smallest absolute Gasteiger partial charge is 0.311 e. The first kappa shape index (κ1) is 16.7. The fourth-order valence-electron chi connectivity index (χ4n) is 2.38. The second-order valence-corrected chi connectivity index (χ2v) is 5.69. The van der Waals surface area contributed by atoms with Gasteiger partial charge in [-0.2, -0.15) is 0 Å². The van der Waals surface area contributed by atoms with Gasteiger partial charge in [-0.1, -0.05) is 12.1 Å². The Labute approximate surface area is 136 Å². The van der Waals surface area contributed by atoms with Gasteiger partial charge >= 0.3 is 5.69 Å². The Morgan fingerprint density at radius 2 is 1.87 bits per heavy atom. The fourth-order valence-corrected chi connectivity index (χ4v) is 2.38. The molecule has 0 saturated heterocycles. The summed E-state index contributed by atoms with van der Waals surface area (Å²) < 4.78 is 0. The van der Waals surface area contributed by atoms with Crippen LogP contribution in [0.4, 0.5) is 17.2 Å². The van der Waals surface area contributed by atoms with Gasteiger partial charge in [0.2, 0.25) is 5.82 Å². The van der Waals surface area contributed by atoms with Gasteiger partial charge in [-0.15, -0.1) is 0 Å². The van der Waals surface area contributed by atoms with Gasteiger partial charge in [0.05, 0.1) is 4.92 Å². The highest BCUT2D eigenvalue weighted by atomic mass is 16.6. The Balaban J connectivity index is 2.28. The van der Waals surface area contributed by atoms with Crippen molar-refractivity contribution in [3.05, 3.63) is 57.8 Å². The molecule has 6 heteroatoms. The lowest BCUT2D eigenvalue weighted by Gasteiger charge is -2.22. The van der Waals surface area contributed by atoms with Crippen LogP contribution in [0.25, 0.3) is 0 Å². The molecular weight excluding hydrogens is 292 g/mol. The lowest BCUT2D eigenvalue weighted by atomic mass is 10.1. The number of aryl methyl sites for hydroxylation is 1. The number of nitrogens with zero attached hydrogens (tertiary/aromatic N) is 4. The van der Waals surface area contributed by atoms with E-state index in [-0.39, 0.29) is 10.6 Å². The Morgan fingerprint density at radius 1 is 1.22 bits per heavy atom. The van der Waals surface area contributed by atoms with Crippen molar-refractivity contribution in [2.45, 2.75) is 20.4 Å². The lowest BCUT2D eigenvalue weighted by Crippen LogP contribution is -2.24. The van der Waals surface area contributed by atoms with E-state index < -0.39 is 0 Å². The molecule has 122 valence electrons. The summed E-state index contributed by atoms with van der Waals surface area (Å²) in [7, 11) is 3.99. The number of anilines is 2. The minimum Gasteiger partial charge on any atom is -0.378 e. The molecule has 0 aliphatic carbocycles. The van der Waals surface area contributed by atoms with Crippen molar-refractivity contribution < 1.29 is 4.92 Å². The summed E-state index contributed by atoms with van der Waals surface area (Å²) in [6, 6.07) is 9.73. The van der Waals surface area contributed by atoms with Gasteiger partial charge in [-0.3, -0.25) is 10.1 Å². The maximum absolute atomic E-state index is 11.3. The standard InChI is InChI=1S/C17H22N4O2/c1-5-20(12-14-6-8-15(9-7-14)19(3)4)17-16(21(22)23)10-13(2)11-18-17/h6-11H,5,12H2,1-4H3. The predicted octanol–water partition coefficient (Wildman–Crippen LogP) is 3.39. The molecule has 0 N–H and O–H groups in total. The zero-order valence-corrected chi connectivity index (χ0v) is 14.0. The summed E-state index contributed by atoms with van der Waals surface area (Å²) in [5, 5.41) is 11.3. The van der Waals surface area contributed by atoms with Gasteiger partial charge in [0.1, 0.15) is 0 Å². The van der Waals surface area contributed by atoms with Crippen LogP contribution in [0.15, 0.2) is 36.5 Å². The van der Waals surface area contributed by atoms with Crippen LogP contribution in [0.2, 0.25) is 0 Å². The van der Waals surface area contributed by atoms with Crippen molar-refractivity contribution in [1.82, 2.24) is 4.98 Å². The summed E-state index contributed by atoms with van der Waals surface area (Å²) in [6.45, 7) is 5.01. The summed E-state index contributed by atoms with van der Waals surface area (Å²) in [4.78, 5) is 19.2. The first-order valence-electron chi connectivity index (χ1n) is 7.54. The van der Waals surface area contributed by atoms with Gasteiger partial charge in [-0.25, -0.2) is 4.98 Å². The fraction of sp³-hybridized carbons (Fsp3) is 0.353. The predicted molar refractivity (Wildman–Crippen MR) is 93.1 cm³/mol. The molecule has 23 heavy (non-hydrogen) atoms. The molecule has 1 heterocycles. The van der Waals surface area contributed by atoms with Crippen molar-refractivity contribution in [1.29, 1.82) is 0 Å². The highest BCUT2D eigenvalue weighted by molar-refractivity contribution is 5.59. The lowest BCUT2D eigenvalue weighted by molar-refractivity contribution is -0.384. The molecule has 0 radical (unpaired) electrons. The molecule has 1 aromatic heterocycles. The number of aromatic nitrogens is 1. The van der Waals surface area contributed by atoms with E-state index in [9.17, 15) is 10.1 Å². The highest BCUT2D eigenvalue weighted by Crippen LogP contribution is 2.27. The topological polar surface area (TPSA) is 62.5 Å². The van der Waals surface area contributed by atoms with Gasteiger partial charge in [0, 0.05) is 45.1 Å². The van der Waals surface area contributed by atoms with Gasteiger partial charge in [-0.05, 0) is 37.1 Å². The van der Waals surface area contributed by atoms with E-state index in [4.69, 9.17) is 0 Å². The van der Waals surface area contributed by atoms with Gasteiger partial charge < -0.3 is 9.80 Å². The molecule has 2 aromatic rings. The first-order valence-corrected chi connectivity index (χ1v) is 7.54. The third kappa shape index (κ3) is 3.97. The average molecular weight is 314 g/mol. The van der Waals surface area contributed by atoms with Crippen LogP contribution in [-0.2, 0) is 6.54 Å². The van der Waals surface area contributed by atoms with E-state index in [0.717, 1.165) is 16.8 Å². The number of benzene rings is 1. The van der Waals surface area contributed by atoms with Crippen molar-refractivity contribution in [3.63, 3.8) is 0 Å². The second-order valence-electron chi connectivity index (χ2n) is 5.69.